The number of rotatable bonds is 13. The highest BCUT2D eigenvalue weighted by Crippen LogP contribution is 2.50. The molecule has 0 bridgehead atoms. The van der Waals surface area contributed by atoms with Crippen molar-refractivity contribution in [2.45, 2.75) is 50.4 Å². The number of fused-ring (bicyclic) bond motifs is 2. The maximum atomic E-state index is 5.81. The average Bonchev–Trinajstić information content (AvgIpc) is 3.41. The molecule has 0 amide bonds. The fraction of sp³-hybridized carbons (Fsp3) is 0.467. The van der Waals surface area contributed by atoms with Gasteiger partial charge in [-0.15, -0.1) is 0 Å². The number of allylic oxidation sites excluding steroid dienone is 2. The molecule has 0 saturated carbocycles. The molecule has 6 heteroatoms. The van der Waals surface area contributed by atoms with Crippen molar-refractivity contribution in [3.63, 3.8) is 0 Å². The monoisotopic (exact) mass is 494 g/mol. The first-order chi connectivity index (χ1) is 17.6. The van der Waals surface area contributed by atoms with Crippen LogP contribution in [0.4, 0.5) is 0 Å². The minimum absolute atomic E-state index is 0.191. The van der Waals surface area contributed by atoms with Crippen LogP contribution in [0.15, 0.2) is 47.9 Å². The van der Waals surface area contributed by atoms with E-state index in [1.807, 2.05) is 24.3 Å². The van der Waals surface area contributed by atoms with E-state index in [2.05, 4.69) is 12.1 Å². The molecule has 0 N–H and O–H groups in total. The van der Waals surface area contributed by atoms with E-state index in [0.717, 1.165) is 84.2 Å². The highest BCUT2D eigenvalue weighted by molar-refractivity contribution is 5.78. The van der Waals surface area contributed by atoms with Crippen LogP contribution in [0.25, 0.3) is 11.5 Å². The van der Waals surface area contributed by atoms with Gasteiger partial charge in [-0.3, -0.25) is 0 Å². The molecule has 2 aromatic rings. The van der Waals surface area contributed by atoms with Gasteiger partial charge in [-0.25, -0.2) is 0 Å². The van der Waals surface area contributed by atoms with Crippen LogP contribution in [-0.4, -0.2) is 42.7 Å². The summed E-state index contributed by atoms with van der Waals surface area (Å²) in [5.41, 5.74) is 4.49. The molecule has 0 radical (unpaired) electrons. The zero-order valence-electron chi connectivity index (χ0n) is 22.3. The van der Waals surface area contributed by atoms with E-state index in [-0.39, 0.29) is 11.8 Å². The third-order valence-corrected chi connectivity index (χ3v) is 7.43. The van der Waals surface area contributed by atoms with Gasteiger partial charge in [-0.05, 0) is 36.1 Å². The molecule has 2 aromatic carbocycles. The second-order valence-corrected chi connectivity index (χ2v) is 9.15. The molecule has 2 unspecified atom stereocenters. The lowest BCUT2D eigenvalue weighted by atomic mass is 9.91. The Morgan fingerprint density at radius 2 is 0.917 bits per heavy atom. The minimum atomic E-state index is 0.191. The highest BCUT2D eigenvalue weighted by Gasteiger charge is 2.36. The first-order valence-corrected chi connectivity index (χ1v) is 12.6. The zero-order valence-corrected chi connectivity index (χ0v) is 22.3. The van der Waals surface area contributed by atoms with Crippen molar-refractivity contribution in [1.29, 1.82) is 0 Å². The Bertz CT molecular complexity index is 1040. The quantitative estimate of drug-likeness (QED) is 0.284. The van der Waals surface area contributed by atoms with Gasteiger partial charge in [0, 0.05) is 11.8 Å². The Morgan fingerprint density at radius 3 is 1.25 bits per heavy atom. The first-order valence-electron chi connectivity index (χ1n) is 12.6. The third kappa shape index (κ3) is 4.49. The molecule has 0 aliphatic heterocycles. The number of hydrogen-bond donors (Lipinski definition) is 0. The Balaban J connectivity index is 1.37. The summed E-state index contributed by atoms with van der Waals surface area (Å²) in [6, 6.07) is 12.3. The van der Waals surface area contributed by atoms with Crippen molar-refractivity contribution in [3.05, 3.63) is 70.2 Å². The largest absolute Gasteiger partial charge is 0.497 e. The predicted molar refractivity (Wildman–Crippen MR) is 141 cm³/mol. The Morgan fingerprint density at radius 1 is 0.500 bits per heavy atom. The van der Waals surface area contributed by atoms with Gasteiger partial charge >= 0.3 is 0 Å². The van der Waals surface area contributed by atoms with E-state index in [0.29, 0.717) is 0 Å². The van der Waals surface area contributed by atoms with E-state index >= 15 is 0 Å². The van der Waals surface area contributed by atoms with Crippen molar-refractivity contribution < 1.29 is 28.4 Å². The first kappa shape index (κ1) is 25.8. The van der Waals surface area contributed by atoms with Crippen molar-refractivity contribution >= 4 is 11.5 Å². The average molecular weight is 495 g/mol. The topological polar surface area (TPSA) is 55.4 Å². The van der Waals surface area contributed by atoms with Crippen LogP contribution in [0.3, 0.4) is 0 Å². The lowest BCUT2D eigenvalue weighted by molar-refractivity contribution is 0.243. The summed E-state index contributed by atoms with van der Waals surface area (Å²) in [5, 5.41) is 0. The molecule has 0 fully saturated rings. The summed E-state index contributed by atoms with van der Waals surface area (Å²) in [6.07, 6.45) is 6.53. The van der Waals surface area contributed by atoms with Gasteiger partial charge in [-0.2, -0.15) is 0 Å². The molecule has 36 heavy (non-hydrogen) atoms. The normalized spacial score (nSPS) is 18.2. The Kier molecular flexibility index (Phi) is 8.34. The summed E-state index contributed by atoms with van der Waals surface area (Å²) >= 11 is 0. The lowest BCUT2D eigenvalue weighted by Crippen LogP contribution is -2.03. The van der Waals surface area contributed by atoms with Crippen LogP contribution < -0.4 is 9.47 Å². The van der Waals surface area contributed by atoms with Crippen LogP contribution in [0, 0.1) is 0 Å². The predicted octanol–water partition coefficient (Wildman–Crippen LogP) is 6.86. The van der Waals surface area contributed by atoms with Gasteiger partial charge in [-0.1, -0.05) is 49.9 Å². The van der Waals surface area contributed by atoms with Crippen molar-refractivity contribution in [2.75, 3.05) is 42.7 Å². The van der Waals surface area contributed by atoms with E-state index in [1.165, 1.54) is 11.1 Å². The molecule has 0 saturated heterocycles. The smallest absolute Gasteiger partial charge is 0.168 e. The van der Waals surface area contributed by atoms with E-state index in [1.54, 1.807) is 42.7 Å². The molecule has 6 nitrogen and oxygen atoms in total. The lowest BCUT2D eigenvalue weighted by Gasteiger charge is -2.17. The molecule has 194 valence electrons. The fourth-order valence-corrected chi connectivity index (χ4v) is 5.85. The SMILES string of the molecule is COC1=C(OC)C(CCCCCCC2C(OC)=C(OC)c3c(OC)cccc32)c2cccc(OC)c21. The summed E-state index contributed by atoms with van der Waals surface area (Å²) in [7, 11) is 10.2. The molecule has 0 heterocycles. The summed E-state index contributed by atoms with van der Waals surface area (Å²) in [5.74, 6) is 5.41. The molecule has 4 rings (SSSR count). The standard InChI is InChI=1S/C30H38O6/c1-31-23-17-11-15-19-21(27(33-3)29(35-5)25(19)23)13-9-7-8-10-14-22-20-16-12-18-24(32-2)26(20)30(36-6)28(22)34-4/h11-12,15-18,21-22H,7-10,13-14H2,1-6H3. The van der Waals surface area contributed by atoms with E-state index in [9.17, 15) is 0 Å². The van der Waals surface area contributed by atoms with Gasteiger partial charge in [0.05, 0.1) is 53.8 Å². The Hall–Kier alpha value is -3.28. The summed E-state index contributed by atoms with van der Waals surface area (Å²) in [6.45, 7) is 0. The summed E-state index contributed by atoms with van der Waals surface area (Å²) in [4.78, 5) is 0. The molecule has 0 aromatic heterocycles. The number of methoxy groups -OCH3 is 6. The molecule has 2 atom stereocenters. The second kappa shape index (κ2) is 11.6. The number of ether oxygens (including phenoxy) is 6. The van der Waals surface area contributed by atoms with Gasteiger partial charge in [0.25, 0.3) is 0 Å². The molecule has 2 aliphatic carbocycles. The fourth-order valence-electron chi connectivity index (χ4n) is 5.85. The number of hydrogen-bond acceptors (Lipinski definition) is 6. The van der Waals surface area contributed by atoms with Crippen LogP contribution in [0.5, 0.6) is 11.5 Å². The second-order valence-electron chi connectivity index (χ2n) is 9.15. The van der Waals surface area contributed by atoms with Crippen molar-refractivity contribution in [1.82, 2.24) is 0 Å². The van der Waals surface area contributed by atoms with Gasteiger partial charge in [0.2, 0.25) is 0 Å². The maximum Gasteiger partial charge on any atom is 0.168 e. The van der Waals surface area contributed by atoms with Gasteiger partial charge in [0.1, 0.15) is 23.0 Å². The zero-order chi connectivity index (χ0) is 25.7. The minimum Gasteiger partial charge on any atom is -0.497 e. The van der Waals surface area contributed by atoms with Crippen LogP contribution in [-0.2, 0) is 18.9 Å². The highest BCUT2D eigenvalue weighted by atomic mass is 16.5. The van der Waals surface area contributed by atoms with Crippen LogP contribution >= 0.6 is 0 Å². The molecule has 2 aliphatic rings. The van der Waals surface area contributed by atoms with Crippen LogP contribution in [0.2, 0.25) is 0 Å². The number of unbranched alkanes of at least 4 members (excludes halogenated alkanes) is 3. The van der Waals surface area contributed by atoms with Gasteiger partial charge in [0.15, 0.2) is 11.5 Å². The van der Waals surface area contributed by atoms with Gasteiger partial charge < -0.3 is 28.4 Å². The van der Waals surface area contributed by atoms with Crippen molar-refractivity contribution in [2.24, 2.45) is 0 Å². The Labute approximate surface area is 214 Å². The molecular formula is C30H38O6. The maximum absolute atomic E-state index is 5.81. The number of benzene rings is 2. The van der Waals surface area contributed by atoms with E-state index < -0.39 is 0 Å². The molecular weight excluding hydrogens is 456 g/mol. The van der Waals surface area contributed by atoms with Crippen molar-refractivity contribution in [3.8, 4) is 11.5 Å². The summed E-state index contributed by atoms with van der Waals surface area (Å²) < 4.78 is 34.3. The third-order valence-electron chi connectivity index (χ3n) is 7.43. The van der Waals surface area contributed by atoms with Crippen LogP contribution in [0.1, 0.15) is 72.6 Å². The van der Waals surface area contributed by atoms with E-state index in [4.69, 9.17) is 28.4 Å². The molecule has 0 spiro atoms.